The SMILES string of the molecule is CCNc1cncc(C(=O)NCC2CCN(C)CC2)n1. The summed E-state index contributed by atoms with van der Waals surface area (Å²) in [5, 5.41) is 6.02. The van der Waals surface area contributed by atoms with E-state index in [4.69, 9.17) is 0 Å². The second kappa shape index (κ2) is 7.19. The number of hydrogen-bond donors (Lipinski definition) is 2. The summed E-state index contributed by atoms with van der Waals surface area (Å²) in [5.74, 6) is 1.07. The number of nitrogens with zero attached hydrogens (tertiary/aromatic N) is 3. The quantitative estimate of drug-likeness (QED) is 0.839. The van der Waals surface area contributed by atoms with E-state index in [1.54, 1.807) is 6.20 Å². The number of rotatable bonds is 5. The van der Waals surface area contributed by atoms with E-state index in [2.05, 4.69) is 32.5 Å². The molecule has 1 aromatic heterocycles. The summed E-state index contributed by atoms with van der Waals surface area (Å²) in [6.45, 7) is 5.68. The lowest BCUT2D eigenvalue weighted by Gasteiger charge is -2.28. The van der Waals surface area contributed by atoms with Gasteiger partial charge in [-0.1, -0.05) is 0 Å². The summed E-state index contributed by atoms with van der Waals surface area (Å²) in [5.41, 5.74) is 0.372. The van der Waals surface area contributed by atoms with Gasteiger partial charge in [0.05, 0.1) is 12.4 Å². The largest absolute Gasteiger partial charge is 0.369 e. The van der Waals surface area contributed by atoms with Gasteiger partial charge in [0.1, 0.15) is 11.5 Å². The third-order valence-electron chi connectivity index (χ3n) is 3.61. The minimum absolute atomic E-state index is 0.142. The Kier molecular flexibility index (Phi) is 5.29. The smallest absolute Gasteiger partial charge is 0.271 e. The molecule has 20 heavy (non-hydrogen) atoms. The van der Waals surface area contributed by atoms with E-state index in [0.29, 0.717) is 17.4 Å². The normalized spacial score (nSPS) is 16.9. The van der Waals surface area contributed by atoms with Crippen LogP contribution in [0.25, 0.3) is 0 Å². The molecule has 0 unspecified atom stereocenters. The molecule has 1 aliphatic heterocycles. The second-order valence-electron chi connectivity index (χ2n) is 5.28. The van der Waals surface area contributed by atoms with Crippen LogP contribution in [0.4, 0.5) is 5.82 Å². The van der Waals surface area contributed by atoms with Crippen LogP contribution in [0.3, 0.4) is 0 Å². The molecule has 0 saturated carbocycles. The van der Waals surface area contributed by atoms with Crippen LogP contribution in [-0.4, -0.2) is 54.0 Å². The molecule has 6 nitrogen and oxygen atoms in total. The van der Waals surface area contributed by atoms with Gasteiger partial charge in [-0.25, -0.2) is 4.98 Å². The van der Waals surface area contributed by atoms with Crippen LogP contribution in [0, 0.1) is 5.92 Å². The molecular weight excluding hydrogens is 254 g/mol. The van der Waals surface area contributed by atoms with E-state index in [0.717, 1.165) is 39.0 Å². The van der Waals surface area contributed by atoms with E-state index in [-0.39, 0.29) is 5.91 Å². The maximum atomic E-state index is 12.1. The van der Waals surface area contributed by atoms with Gasteiger partial charge in [-0.15, -0.1) is 0 Å². The molecule has 1 amide bonds. The van der Waals surface area contributed by atoms with Crippen molar-refractivity contribution >= 4 is 11.7 Å². The molecule has 2 rings (SSSR count). The first kappa shape index (κ1) is 14.7. The molecular formula is C14H23N5O. The van der Waals surface area contributed by atoms with E-state index in [9.17, 15) is 4.79 Å². The first-order valence-corrected chi connectivity index (χ1v) is 7.21. The van der Waals surface area contributed by atoms with E-state index >= 15 is 0 Å². The van der Waals surface area contributed by atoms with Crippen molar-refractivity contribution in [3.8, 4) is 0 Å². The zero-order chi connectivity index (χ0) is 14.4. The Bertz CT molecular complexity index is 443. The van der Waals surface area contributed by atoms with Crippen molar-refractivity contribution in [2.45, 2.75) is 19.8 Å². The lowest BCUT2D eigenvalue weighted by atomic mass is 9.97. The van der Waals surface area contributed by atoms with Gasteiger partial charge in [0, 0.05) is 13.1 Å². The minimum Gasteiger partial charge on any atom is -0.369 e. The standard InChI is InChI=1S/C14H23N5O/c1-3-16-13-10-15-9-12(18-13)14(20)17-8-11-4-6-19(2)7-5-11/h9-11H,3-8H2,1-2H3,(H,16,18)(H,17,20). The molecule has 1 aromatic rings. The maximum absolute atomic E-state index is 12.1. The van der Waals surface area contributed by atoms with Gasteiger partial charge in [0.15, 0.2) is 0 Å². The van der Waals surface area contributed by atoms with Crippen molar-refractivity contribution in [3.63, 3.8) is 0 Å². The monoisotopic (exact) mass is 277 g/mol. The first-order chi connectivity index (χ1) is 9.69. The molecule has 110 valence electrons. The van der Waals surface area contributed by atoms with Gasteiger partial charge in [-0.2, -0.15) is 0 Å². The molecule has 0 spiro atoms. The zero-order valence-electron chi connectivity index (χ0n) is 12.2. The van der Waals surface area contributed by atoms with Gasteiger partial charge in [-0.3, -0.25) is 9.78 Å². The summed E-state index contributed by atoms with van der Waals surface area (Å²) in [6.07, 6.45) is 5.40. The highest BCUT2D eigenvalue weighted by Crippen LogP contribution is 2.14. The highest BCUT2D eigenvalue weighted by molar-refractivity contribution is 5.92. The summed E-state index contributed by atoms with van der Waals surface area (Å²) >= 11 is 0. The highest BCUT2D eigenvalue weighted by atomic mass is 16.1. The van der Waals surface area contributed by atoms with Gasteiger partial charge in [0.25, 0.3) is 5.91 Å². The molecule has 1 fully saturated rings. The Morgan fingerprint density at radius 2 is 2.15 bits per heavy atom. The summed E-state index contributed by atoms with van der Waals surface area (Å²) in [6, 6.07) is 0. The van der Waals surface area contributed by atoms with Crippen LogP contribution in [0.2, 0.25) is 0 Å². The van der Waals surface area contributed by atoms with E-state index < -0.39 is 0 Å². The fraction of sp³-hybridized carbons (Fsp3) is 0.643. The lowest BCUT2D eigenvalue weighted by molar-refractivity contribution is 0.0933. The molecule has 6 heteroatoms. The number of aromatic nitrogens is 2. The maximum Gasteiger partial charge on any atom is 0.271 e. The van der Waals surface area contributed by atoms with Crippen molar-refractivity contribution < 1.29 is 4.79 Å². The number of amides is 1. The predicted molar refractivity (Wildman–Crippen MR) is 78.7 cm³/mol. The summed E-state index contributed by atoms with van der Waals surface area (Å²) in [4.78, 5) is 22.7. The third-order valence-corrected chi connectivity index (χ3v) is 3.61. The zero-order valence-corrected chi connectivity index (χ0v) is 12.2. The van der Waals surface area contributed by atoms with Crippen LogP contribution in [0.15, 0.2) is 12.4 Å². The Morgan fingerprint density at radius 1 is 1.40 bits per heavy atom. The molecule has 0 bridgehead atoms. The Balaban J connectivity index is 1.83. The average molecular weight is 277 g/mol. The number of hydrogen-bond acceptors (Lipinski definition) is 5. The van der Waals surface area contributed by atoms with Gasteiger partial charge in [-0.05, 0) is 45.8 Å². The third kappa shape index (κ3) is 4.16. The Labute approximate surface area is 120 Å². The van der Waals surface area contributed by atoms with E-state index in [1.807, 2.05) is 6.92 Å². The fourth-order valence-electron chi connectivity index (χ4n) is 2.34. The molecule has 1 saturated heterocycles. The topological polar surface area (TPSA) is 70.2 Å². The number of carbonyl (C=O) groups excluding carboxylic acids is 1. The molecule has 2 N–H and O–H groups in total. The Hall–Kier alpha value is -1.69. The molecule has 0 aromatic carbocycles. The first-order valence-electron chi connectivity index (χ1n) is 7.21. The number of piperidine rings is 1. The number of likely N-dealkylation sites (tertiary alicyclic amines) is 1. The van der Waals surface area contributed by atoms with E-state index in [1.165, 1.54) is 6.20 Å². The van der Waals surface area contributed by atoms with Crippen molar-refractivity contribution in [2.24, 2.45) is 5.92 Å². The van der Waals surface area contributed by atoms with Gasteiger partial charge in [0.2, 0.25) is 0 Å². The number of carbonyl (C=O) groups is 1. The summed E-state index contributed by atoms with van der Waals surface area (Å²) in [7, 11) is 2.14. The molecule has 1 aliphatic rings. The average Bonchev–Trinajstić information content (AvgIpc) is 2.47. The van der Waals surface area contributed by atoms with Crippen molar-refractivity contribution in [1.29, 1.82) is 0 Å². The molecule has 2 heterocycles. The number of anilines is 1. The van der Waals surface area contributed by atoms with Crippen molar-refractivity contribution in [1.82, 2.24) is 20.2 Å². The van der Waals surface area contributed by atoms with Gasteiger partial charge >= 0.3 is 0 Å². The van der Waals surface area contributed by atoms with Gasteiger partial charge < -0.3 is 15.5 Å². The molecule has 0 radical (unpaired) electrons. The van der Waals surface area contributed by atoms with Crippen molar-refractivity contribution in [2.75, 3.05) is 38.5 Å². The second-order valence-corrected chi connectivity index (χ2v) is 5.28. The predicted octanol–water partition coefficient (Wildman–Crippen LogP) is 0.980. The van der Waals surface area contributed by atoms with Crippen LogP contribution in [0.1, 0.15) is 30.3 Å². The van der Waals surface area contributed by atoms with Crippen LogP contribution in [0.5, 0.6) is 0 Å². The molecule has 0 atom stereocenters. The summed E-state index contributed by atoms with van der Waals surface area (Å²) < 4.78 is 0. The van der Waals surface area contributed by atoms with Crippen LogP contribution < -0.4 is 10.6 Å². The highest BCUT2D eigenvalue weighted by Gasteiger charge is 2.18. The van der Waals surface area contributed by atoms with Crippen LogP contribution in [-0.2, 0) is 0 Å². The minimum atomic E-state index is -0.142. The fourth-order valence-corrected chi connectivity index (χ4v) is 2.34. The van der Waals surface area contributed by atoms with Crippen molar-refractivity contribution in [3.05, 3.63) is 18.1 Å². The Morgan fingerprint density at radius 3 is 2.85 bits per heavy atom. The molecule has 0 aliphatic carbocycles. The number of nitrogens with one attached hydrogen (secondary N) is 2. The van der Waals surface area contributed by atoms with Crippen LogP contribution >= 0.6 is 0 Å². The lowest BCUT2D eigenvalue weighted by Crippen LogP contribution is -2.37.